The van der Waals surface area contributed by atoms with Crippen molar-refractivity contribution in [2.75, 3.05) is 7.11 Å². The van der Waals surface area contributed by atoms with Gasteiger partial charge in [0.25, 0.3) is 0 Å². The Morgan fingerprint density at radius 3 is 1.24 bits per heavy atom. The summed E-state index contributed by atoms with van der Waals surface area (Å²) in [6.45, 7) is 8.08. The number of rotatable bonds is 8. The van der Waals surface area contributed by atoms with Crippen LogP contribution in [-0.4, -0.2) is 17.9 Å². The molecule has 0 unspecified atom stereocenters. The van der Waals surface area contributed by atoms with E-state index in [9.17, 15) is 18.0 Å². The van der Waals surface area contributed by atoms with E-state index in [0.717, 1.165) is 73.3 Å². The van der Waals surface area contributed by atoms with E-state index in [1.807, 2.05) is 91.0 Å². The summed E-state index contributed by atoms with van der Waals surface area (Å²) in [5.41, 5.74) is 11.1. The van der Waals surface area contributed by atoms with Gasteiger partial charge in [0.15, 0.2) is 5.78 Å². The molecule has 3 nitrogen and oxygen atoms in total. The largest absolute Gasteiger partial charge is 0.497 e. The van der Waals surface area contributed by atoms with Gasteiger partial charge >= 0.3 is 6.18 Å². The van der Waals surface area contributed by atoms with Gasteiger partial charge in [-0.05, 0) is 121 Å². The van der Waals surface area contributed by atoms with Crippen LogP contribution in [0.4, 0.5) is 13.2 Å². The molecule has 0 radical (unpaired) electrons. The Balaban J connectivity index is 1.76. The molecule has 274 valence electrons. The van der Waals surface area contributed by atoms with E-state index in [1.165, 1.54) is 5.56 Å². The fraction of sp³-hybridized carbons (Fsp3) is 0.143. The first-order valence-corrected chi connectivity index (χ1v) is 18.1. The Labute approximate surface area is 320 Å². The molecular weight excluding hydrogens is 692 g/mol. The summed E-state index contributed by atoms with van der Waals surface area (Å²) in [6, 6.07) is 43.4. The Hall–Kier alpha value is -6.27. The van der Waals surface area contributed by atoms with Gasteiger partial charge in [0, 0.05) is 18.0 Å². The lowest BCUT2D eigenvalue weighted by Gasteiger charge is -2.29. The minimum Gasteiger partial charge on any atom is -0.497 e. The number of carbonyl (C=O) groups excluding carboxylic acids is 1. The summed E-state index contributed by atoms with van der Waals surface area (Å²) in [4.78, 5) is 16.9. The maximum atomic E-state index is 14.0. The van der Waals surface area contributed by atoms with E-state index >= 15 is 0 Å². The number of hydrogen-bond acceptors (Lipinski definition) is 3. The van der Waals surface area contributed by atoms with Gasteiger partial charge in [0.2, 0.25) is 0 Å². The lowest BCUT2D eigenvalue weighted by Crippen LogP contribution is -2.10. The molecule has 7 aromatic rings. The number of alkyl halides is 3. The van der Waals surface area contributed by atoms with Gasteiger partial charge in [-0.3, -0.25) is 9.78 Å². The topological polar surface area (TPSA) is 39.2 Å². The van der Waals surface area contributed by atoms with Gasteiger partial charge in [0.05, 0.1) is 12.7 Å². The molecule has 0 aliphatic rings. The van der Waals surface area contributed by atoms with Gasteiger partial charge in [-0.2, -0.15) is 13.2 Å². The van der Waals surface area contributed by atoms with Crippen LogP contribution in [0.15, 0.2) is 152 Å². The highest BCUT2D eigenvalue weighted by molar-refractivity contribution is 6.15. The minimum absolute atomic E-state index is 0.0531. The van der Waals surface area contributed by atoms with E-state index in [1.54, 1.807) is 38.6 Å². The van der Waals surface area contributed by atoms with Gasteiger partial charge < -0.3 is 4.74 Å². The average Bonchev–Trinajstić information content (AvgIpc) is 3.20. The summed E-state index contributed by atoms with van der Waals surface area (Å²) in [6.07, 6.45) is -1.05. The minimum atomic E-state index is -4.50. The molecular formula is C49H40F3NO2. The van der Waals surface area contributed by atoms with E-state index < -0.39 is 11.7 Å². The zero-order valence-corrected chi connectivity index (χ0v) is 31.3. The molecule has 0 saturated heterocycles. The van der Waals surface area contributed by atoms with Crippen LogP contribution in [0.25, 0.3) is 66.8 Å². The van der Waals surface area contributed by atoms with Crippen molar-refractivity contribution in [3.8, 4) is 72.5 Å². The Bertz CT molecular complexity index is 2450. The highest BCUT2D eigenvalue weighted by Crippen LogP contribution is 2.56. The normalized spacial score (nSPS) is 11.7. The third kappa shape index (κ3) is 7.45. The molecule has 0 aliphatic heterocycles. The molecule has 6 aromatic carbocycles. The van der Waals surface area contributed by atoms with Crippen LogP contribution in [0.2, 0.25) is 0 Å². The predicted molar refractivity (Wildman–Crippen MR) is 217 cm³/mol. The van der Waals surface area contributed by atoms with Crippen LogP contribution in [0.5, 0.6) is 5.75 Å². The lowest BCUT2D eigenvalue weighted by molar-refractivity contribution is -0.137. The van der Waals surface area contributed by atoms with E-state index in [4.69, 9.17) is 4.74 Å². The average molecular weight is 732 g/mol. The fourth-order valence-corrected chi connectivity index (χ4v) is 7.20. The first-order valence-electron chi connectivity index (χ1n) is 18.1. The number of pyridine rings is 1. The van der Waals surface area contributed by atoms with Crippen molar-refractivity contribution in [3.63, 3.8) is 0 Å². The van der Waals surface area contributed by atoms with Crippen molar-refractivity contribution in [1.29, 1.82) is 0 Å². The summed E-state index contributed by atoms with van der Waals surface area (Å²) >= 11 is 0. The SMILES string of the molecule is COc1ccc(-c2c(-c3ccccc3)c(-c3ccc(C(F)(F)F)cc3)c(-c3ccncc3)c(-c3ccc(C(C)=O)cc3)c2-c2ccc(C(C)(C)C)cc2)cc1. The molecule has 0 bridgehead atoms. The van der Waals surface area contributed by atoms with Crippen LogP contribution in [0.1, 0.15) is 49.2 Å². The number of nitrogens with zero attached hydrogens (tertiary/aromatic N) is 1. The van der Waals surface area contributed by atoms with Gasteiger partial charge in [-0.1, -0.05) is 124 Å². The Kier molecular flexibility index (Phi) is 10.0. The molecule has 0 aliphatic carbocycles. The smallest absolute Gasteiger partial charge is 0.416 e. The van der Waals surface area contributed by atoms with Crippen LogP contribution in [-0.2, 0) is 11.6 Å². The molecule has 0 N–H and O–H groups in total. The van der Waals surface area contributed by atoms with Gasteiger partial charge in [-0.25, -0.2) is 0 Å². The van der Waals surface area contributed by atoms with E-state index in [-0.39, 0.29) is 11.2 Å². The second-order valence-electron chi connectivity index (χ2n) is 14.6. The zero-order valence-electron chi connectivity index (χ0n) is 31.3. The number of hydrogen-bond donors (Lipinski definition) is 0. The van der Waals surface area contributed by atoms with Crippen molar-refractivity contribution in [2.24, 2.45) is 0 Å². The number of aromatic nitrogens is 1. The first-order chi connectivity index (χ1) is 26.3. The molecule has 1 heterocycles. The van der Waals surface area contributed by atoms with Gasteiger partial charge in [-0.15, -0.1) is 0 Å². The molecule has 6 heteroatoms. The molecule has 1 aromatic heterocycles. The number of benzene rings is 6. The number of ketones is 1. The number of methoxy groups -OCH3 is 1. The number of Topliss-reactive ketones (excluding diaryl/α,β-unsaturated/α-hetero) is 1. The number of carbonyl (C=O) groups is 1. The summed E-state index contributed by atoms with van der Waals surface area (Å²) in [7, 11) is 1.63. The summed E-state index contributed by atoms with van der Waals surface area (Å²) in [5, 5.41) is 0. The lowest BCUT2D eigenvalue weighted by atomic mass is 9.74. The maximum Gasteiger partial charge on any atom is 0.416 e. The van der Waals surface area contributed by atoms with Crippen LogP contribution in [0.3, 0.4) is 0 Å². The summed E-state index contributed by atoms with van der Waals surface area (Å²) in [5.74, 6) is 0.639. The quantitative estimate of drug-likeness (QED) is 0.146. The van der Waals surface area contributed by atoms with Gasteiger partial charge in [0.1, 0.15) is 5.75 Å². The van der Waals surface area contributed by atoms with E-state index in [2.05, 4.69) is 50.0 Å². The first kappa shape index (κ1) is 37.1. The van der Waals surface area contributed by atoms with Crippen molar-refractivity contribution < 1.29 is 22.7 Å². The van der Waals surface area contributed by atoms with Crippen molar-refractivity contribution in [3.05, 3.63) is 169 Å². The van der Waals surface area contributed by atoms with Crippen LogP contribution in [0, 0.1) is 0 Å². The Morgan fingerprint density at radius 2 is 0.855 bits per heavy atom. The molecule has 0 amide bonds. The second-order valence-corrected chi connectivity index (χ2v) is 14.6. The van der Waals surface area contributed by atoms with Crippen LogP contribution >= 0.6 is 0 Å². The highest BCUT2D eigenvalue weighted by atomic mass is 19.4. The summed E-state index contributed by atoms with van der Waals surface area (Å²) < 4.78 is 47.7. The zero-order chi connectivity index (χ0) is 38.9. The van der Waals surface area contributed by atoms with Crippen molar-refractivity contribution in [1.82, 2.24) is 4.98 Å². The molecule has 55 heavy (non-hydrogen) atoms. The molecule has 7 rings (SSSR count). The second kappa shape index (κ2) is 14.9. The molecule has 0 saturated carbocycles. The third-order valence-electron chi connectivity index (χ3n) is 10.0. The van der Waals surface area contributed by atoms with Crippen LogP contribution < -0.4 is 4.74 Å². The van der Waals surface area contributed by atoms with E-state index in [0.29, 0.717) is 16.9 Å². The monoisotopic (exact) mass is 731 g/mol. The standard InChI is InChI=1S/C49H40F3NO2/c1-31(54)32-11-13-34(14-12-32)43-45(35-15-21-39(22-16-35)48(2,3)4)46(37-19-25-41(55-5)26-20-37)42(33-9-7-6-8-10-33)44(47(43)38-27-29-53-30-28-38)36-17-23-40(24-18-36)49(50,51)52/h6-30H,1-5H3. The fourth-order valence-electron chi connectivity index (χ4n) is 7.20. The maximum absolute atomic E-state index is 14.0. The number of ether oxygens (including phenoxy) is 1. The van der Waals surface area contributed by atoms with Crippen molar-refractivity contribution >= 4 is 5.78 Å². The molecule has 0 spiro atoms. The highest BCUT2D eigenvalue weighted by Gasteiger charge is 2.32. The number of halogens is 3. The molecule has 0 atom stereocenters. The van der Waals surface area contributed by atoms with Crippen molar-refractivity contribution in [2.45, 2.75) is 39.3 Å². The Morgan fingerprint density at radius 1 is 0.491 bits per heavy atom. The third-order valence-corrected chi connectivity index (χ3v) is 10.0. The molecule has 0 fully saturated rings. The predicted octanol–water partition coefficient (Wildman–Crippen LogP) is 13.6.